The van der Waals surface area contributed by atoms with E-state index in [9.17, 15) is 0 Å². The summed E-state index contributed by atoms with van der Waals surface area (Å²) in [7, 11) is 0. The SMILES string of the molecule is CCOc1cccc(NCc2cccc(OCCc3ccccc3)c2)c1. The van der Waals surface area contributed by atoms with Crippen LogP contribution >= 0.6 is 0 Å². The molecule has 3 nitrogen and oxygen atoms in total. The van der Waals surface area contributed by atoms with Gasteiger partial charge in [0.2, 0.25) is 0 Å². The van der Waals surface area contributed by atoms with Gasteiger partial charge in [-0.2, -0.15) is 0 Å². The highest BCUT2D eigenvalue weighted by Crippen LogP contribution is 2.19. The molecule has 0 heterocycles. The van der Waals surface area contributed by atoms with Crippen molar-refractivity contribution in [3.8, 4) is 11.5 Å². The van der Waals surface area contributed by atoms with Crippen LogP contribution in [0.3, 0.4) is 0 Å². The molecular weight excluding hydrogens is 322 g/mol. The molecule has 0 aliphatic rings. The van der Waals surface area contributed by atoms with Crippen LogP contribution in [0.1, 0.15) is 18.1 Å². The summed E-state index contributed by atoms with van der Waals surface area (Å²) in [6.07, 6.45) is 0.910. The maximum absolute atomic E-state index is 5.91. The van der Waals surface area contributed by atoms with Gasteiger partial charge in [0.25, 0.3) is 0 Å². The summed E-state index contributed by atoms with van der Waals surface area (Å²) in [5, 5.41) is 3.43. The summed E-state index contributed by atoms with van der Waals surface area (Å²) in [6.45, 7) is 4.08. The van der Waals surface area contributed by atoms with Crippen molar-refractivity contribution in [2.45, 2.75) is 19.9 Å². The van der Waals surface area contributed by atoms with Crippen LogP contribution in [0.15, 0.2) is 78.9 Å². The van der Waals surface area contributed by atoms with Crippen LogP contribution in [0.4, 0.5) is 5.69 Å². The molecule has 0 fully saturated rings. The van der Waals surface area contributed by atoms with Gasteiger partial charge in [-0.15, -0.1) is 0 Å². The van der Waals surface area contributed by atoms with Crippen LogP contribution in [0, 0.1) is 0 Å². The molecule has 0 radical (unpaired) electrons. The lowest BCUT2D eigenvalue weighted by Gasteiger charge is -2.11. The van der Waals surface area contributed by atoms with Gasteiger partial charge in [-0.3, -0.25) is 0 Å². The van der Waals surface area contributed by atoms with Crippen LogP contribution < -0.4 is 14.8 Å². The lowest BCUT2D eigenvalue weighted by Crippen LogP contribution is -2.03. The number of nitrogens with one attached hydrogen (secondary N) is 1. The average Bonchev–Trinajstić information content (AvgIpc) is 2.68. The summed E-state index contributed by atoms with van der Waals surface area (Å²) < 4.78 is 11.4. The monoisotopic (exact) mass is 347 g/mol. The van der Waals surface area contributed by atoms with E-state index in [2.05, 4.69) is 41.7 Å². The van der Waals surface area contributed by atoms with Gasteiger partial charge in [-0.1, -0.05) is 48.5 Å². The van der Waals surface area contributed by atoms with Crippen LogP contribution in [0.25, 0.3) is 0 Å². The van der Waals surface area contributed by atoms with Crippen LogP contribution in [-0.4, -0.2) is 13.2 Å². The molecule has 26 heavy (non-hydrogen) atoms. The molecule has 3 aromatic carbocycles. The van der Waals surface area contributed by atoms with E-state index in [4.69, 9.17) is 9.47 Å². The molecule has 0 saturated heterocycles. The van der Waals surface area contributed by atoms with Gasteiger partial charge >= 0.3 is 0 Å². The van der Waals surface area contributed by atoms with Crippen molar-refractivity contribution < 1.29 is 9.47 Å². The zero-order valence-corrected chi connectivity index (χ0v) is 15.2. The van der Waals surface area contributed by atoms with E-state index in [0.29, 0.717) is 13.2 Å². The average molecular weight is 347 g/mol. The summed E-state index contributed by atoms with van der Waals surface area (Å²) >= 11 is 0. The fraction of sp³-hybridized carbons (Fsp3) is 0.217. The molecule has 0 spiro atoms. The second-order valence-corrected chi connectivity index (χ2v) is 6.05. The topological polar surface area (TPSA) is 30.5 Å². The minimum atomic E-state index is 0.672. The van der Waals surface area contributed by atoms with Gasteiger partial charge in [0, 0.05) is 24.7 Å². The third kappa shape index (κ3) is 5.55. The van der Waals surface area contributed by atoms with Gasteiger partial charge in [-0.05, 0) is 42.3 Å². The summed E-state index contributed by atoms with van der Waals surface area (Å²) in [4.78, 5) is 0. The molecule has 3 rings (SSSR count). The standard InChI is InChI=1S/C23H25NO2/c1-2-25-23-13-7-11-21(17-23)24-18-20-10-6-12-22(16-20)26-15-14-19-8-4-3-5-9-19/h3-13,16-17,24H,2,14-15,18H2,1H3. The zero-order valence-electron chi connectivity index (χ0n) is 15.2. The Kier molecular flexibility index (Phi) is 6.54. The predicted molar refractivity (Wildman–Crippen MR) is 107 cm³/mol. The van der Waals surface area contributed by atoms with Gasteiger partial charge in [-0.25, -0.2) is 0 Å². The lowest BCUT2D eigenvalue weighted by atomic mass is 10.2. The Labute approximate surface area is 155 Å². The quantitative estimate of drug-likeness (QED) is 0.568. The normalized spacial score (nSPS) is 10.3. The fourth-order valence-corrected chi connectivity index (χ4v) is 2.74. The van der Waals surface area contributed by atoms with E-state index < -0.39 is 0 Å². The van der Waals surface area contributed by atoms with E-state index in [1.165, 1.54) is 11.1 Å². The Bertz CT molecular complexity index is 802. The van der Waals surface area contributed by atoms with E-state index in [1.54, 1.807) is 0 Å². The second-order valence-electron chi connectivity index (χ2n) is 6.05. The number of anilines is 1. The molecule has 0 atom stereocenters. The van der Waals surface area contributed by atoms with Crippen molar-refractivity contribution in [3.05, 3.63) is 90.0 Å². The first kappa shape index (κ1) is 17.9. The van der Waals surface area contributed by atoms with E-state index in [0.717, 1.165) is 30.2 Å². The number of ether oxygens (including phenoxy) is 2. The first-order valence-corrected chi connectivity index (χ1v) is 9.06. The zero-order chi connectivity index (χ0) is 18.0. The molecule has 0 saturated carbocycles. The van der Waals surface area contributed by atoms with Crippen molar-refractivity contribution in [2.75, 3.05) is 18.5 Å². The summed E-state index contributed by atoms with van der Waals surface area (Å²) in [5.74, 6) is 1.79. The molecule has 0 bridgehead atoms. The van der Waals surface area contributed by atoms with Gasteiger partial charge in [0.05, 0.1) is 13.2 Å². The number of rotatable bonds is 9. The predicted octanol–water partition coefficient (Wildman–Crippen LogP) is 5.32. The maximum Gasteiger partial charge on any atom is 0.121 e. The Balaban J connectivity index is 1.51. The molecule has 0 unspecified atom stereocenters. The van der Waals surface area contributed by atoms with Crippen molar-refractivity contribution in [1.29, 1.82) is 0 Å². The third-order valence-corrected chi connectivity index (χ3v) is 4.04. The van der Waals surface area contributed by atoms with Crippen molar-refractivity contribution in [3.63, 3.8) is 0 Å². The Morgan fingerprint density at radius 2 is 1.46 bits per heavy atom. The summed E-state index contributed by atoms with van der Waals surface area (Å²) in [6, 6.07) is 26.7. The van der Waals surface area contributed by atoms with Crippen LogP contribution in [-0.2, 0) is 13.0 Å². The Morgan fingerprint density at radius 3 is 2.27 bits per heavy atom. The molecule has 0 amide bonds. The molecule has 1 N–H and O–H groups in total. The van der Waals surface area contributed by atoms with Crippen molar-refractivity contribution >= 4 is 5.69 Å². The highest BCUT2D eigenvalue weighted by molar-refractivity contribution is 5.48. The van der Waals surface area contributed by atoms with Crippen molar-refractivity contribution in [1.82, 2.24) is 0 Å². The lowest BCUT2D eigenvalue weighted by molar-refractivity contribution is 0.321. The third-order valence-electron chi connectivity index (χ3n) is 4.04. The molecule has 0 aliphatic carbocycles. The van der Waals surface area contributed by atoms with E-state index >= 15 is 0 Å². The second kappa shape index (κ2) is 9.52. The minimum absolute atomic E-state index is 0.672. The van der Waals surface area contributed by atoms with Gasteiger partial charge < -0.3 is 14.8 Å². The van der Waals surface area contributed by atoms with Gasteiger partial charge in [0.15, 0.2) is 0 Å². The number of hydrogen-bond acceptors (Lipinski definition) is 3. The molecular formula is C23H25NO2. The molecule has 0 aromatic heterocycles. The van der Waals surface area contributed by atoms with Crippen molar-refractivity contribution in [2.24, 2.45) is 0 Å². The highest BCUT2D eigenvalue weighted by atomic mass is 16.5. The van der Waals surface area contributed by atoms with Crippen LogP contribution in [0.2, 0.25) is 0 Å². The highest BCUT2D eigenvalue weighted by Gasteiger charge is 2.00. The number of benzene rings is 3. The smallest absolute Gasteiger partial charge is 0.121 e. The molecule has 134 valence electrons. The Hall–Kier alpha value is -2.94. The molecule has 3 aromatic rings. The maximum atomic E-state index is 5.91. The summed E-state index contributed by atoms with van der Waals surface area (Å²) in [5.41, 5.74) is 3.52. The first-order valence-electron chi connectivity index (χ1n) is 9.06. The largest absolute Gasteiger partial charge is 0.494 e. The number of hydrogen-bond donors (Lipinski definition) is 1. The van der Waals surface area contributed by atoms with E-state index in [1.807, 2.05) is 49.4 Å². The molecule has 0 aliphatic heterocycles. The van der Waals surface area contributed by atoms with Crippen LogP contribution in [0.5, 0.6) is 11.5 Å². The van der Waals surface area contributed by atoms with E-state index in [-0.39, 0.29) is 0 Å². The molecule has 3 heteroatoms. The fourth-order valence-electron chi connectivity index (χ4n) is 2.74. The Morgan fingerprint density at radius 1 is 0.731 bits per heavy atom. The van der Waals surface area contributed by atoms with Gasteiger partial charge in [0.1, 0.15) is 11.5 Å². The first-order chi connectivity index (χ1) is 12.8. The minimum Gasteiger partial charge on any atom is -0.494 e.